The van der Waals surface area contributed by atoms with E-state index in [0.717, 1.165) is 16.5 Å². The van der Waals surface area contributed by atoms with Gasteiger partial charge < -0.3 is 20.3 Å². The second-order valence-electron chi connectivity index (χ2n) is 8.28. The maximum atomic E-state index is 13.2. The minimum Gasteiger partial charge on any atom is -0.426 e. The van der Waals surface area contributed by atoms with Gasteiger partial charge in [-0.25, -0.2) is 0 Å². The van der Waals surface area contributed by atoms with E-state index in [1.165, 1.54) is 0 Å². The summed E-state index contributed by atoms with van der Waals surface area (Å²) in [5.41, 5.74) is 2.39. The molecule has 0 unspecified atom stereocenters. The average Bonchev–Trinajstić information content (AvgIpc) is 3.16. The van der Waals surface area contributed by atoms with Crippen molar-refractivity contribution in [1.29, 1.82) is 0 Å². The topological polar surface area (TPSA) is 115 Å². The Balaban J connectivity index is 1.84. The number of carbonyl (C=O) groups excluding carboxylic acids is 2. The molecule has 8 heteroatoms. The Morgan fingerprint density at radius 3 is 2.52 bits per heavy atom. The molecule has 7 nitrogen and oxygen atoms in total. The van der Waals surface area contributed by atoms with E-state index in [-0.39, 0.29) is 24.0 Å². The lowest BCUT2D eigenvalue weighted by molar-refractivity contribution is -0.125. The third kappa shape index (κ3) is 6.02. The second kappa shape index (κ2) is 10.4. The molecule has 2 aromatic heterocycles. The summed E-state index contributed by atoms with van der Waals surface area (Å²) in [4.78, 5) is 33.1. The minimum atomic E-state index is -1.67. The van der Waals surface area contributed by atoms with E-state index in [0.29, 0.717) is 18.4 Å². The van der Waals surface area contributed by atoms with Gasteiger partial charge in [0.15, 0.2) is 5.78 Å². The molecular formula is C23H28BN3O4. The van der Waals surface area contributed by atoms with Crippen LogP contribution >= 0.6 is 0 Å². The molecule has 2 heterocycles. The van der Waals surface area contributed by atoms with E-state index < -0.39 is 19.0 Å². The summed E-state index contributed by atoms with van der Waals surface area (Å²) >= 11 is 0. The number of aromatic amines is 1. The van der Waals surface area contributed by atoms with Gasteiger partial charge in [-0.15, -0.1) is 0 Å². The Kier molecular flexibility index (Phi) is 7.60. The van der Waals surface area contributed by atoms with E-state index >= 15 is 0 Å². The predicted octanol–water partition coefficient (Wildman–Crippen LogP) is 2.54. The van der Waals surface area contributed by atoms with Gasteiger partial charge in [0.1, 0.15) is 0 Å². The monoisotopic (exact) mass is 421 g/mol. The van der Waals surface area contributed by atoms with Crippen LogP contribution in [0.5, 0.6) is 0 Å². The summed E-state index contributed by atoms with van der Waals surface area (Å²) in [7, 11) is -1.67. The van der Waals surface area contributed by atoms with Crippen LogP contribution in [0.15, 0.2) is 55.0 Å². The fraction of sp³-hybridized carbons (Fsp3) is 0.348. The fourth-order valence-electron chi connectivity index (χ4n) is 3.77. The van der Waals surface area contributed by atoms with E-state index in [2.05, 4.69) is 15.3 Å². The Labute approximate surface area is 182 Å². The number of hydrogen-bond acceptors (Lipinski definition) is 5. The van der Waals surface area contributed by atoms with Crippen LogP contribution in [0.3, 0.4) is 0 Å². The molecule has 162 valence electrons. The summed E-state index contributed by atoms with van der Waals surface area (Å²) in [5, 5.41) is 23.2. The number of nitrogens with one attached hydrogen (secondary N) is 2. The number of aromatic nitrogens is 2. The summed E-state index contributed by atoms with van der Waals surface area (Å²) in [5.74, 6) is -1.82. The number of hydrogen-bond donors (Lipinski definition) is 4. The smallest absolute Gasteiger partial charge is 0.426 e. The van der Waals surface area contributed by atoms with Crippen LogP contribution < -0.4 is 5.32 Å². The van der Waals surface area contributed by atoms with Crippen LogP contribution in [0.25, 0.3) is 10.9 Å². The molecule has 0 aliphatic rings. The van der Waals surface area contributed by atoms with Crippen molar-refractivity contribution in [3.05, 3.63) is 66.1 Å². The van der Waals surface area contributed by atoms with Gasteiger partial charge in [-0.2, -0.15) is 0 Å². The number of nitrogens with zero attached hydrogens (tertiary/aromatic N) is 1. The number of rotatable bonds is 10. The molecular weight excluding hydrogens is 393 g/mol. The summed E-state index contributed by atoms with van der Waals surface area (Å²) in [6.45, 7) is 3.88. The van der Waals surface area contributed by atoms with Gasteiger partial charge in [0, 0.05) is 47.4 Å². The van der Waals surface area contributed by atoms with Crippen molar-refractivity contribution < 1.29 is 19.6 Å². The first kappa shape index (κ1) is 22.7. The van der Waals surface area contributed by atoms with Crippen LogP contribution in [0.2, 0.25) is 0 Å². The Morgan fingerprint density at radius 1 is 1.13 bits per heavy atom. The molecule has 0 aliphatic heterocycles. The van der Waals surface area contributed by atoms with Gasteiger partial charge in [0.2, 0.25) is 5.91 Å². The highest BCUT2D eigenvalue weighted by Crippen LogP contribution is 2.23. The summed E-state index contributed by atoms with van der Waals surface area (Å²) < 4.78 is 0. The Bertz CT molecular complexity index is 1020. The van der Waals surface area contributed by atoms with Gasteiger partial charge in [-0.3, -0.25) is 14.6 Å². The highest BCUT2D eigenvalue weighted by molar-refractivity contribution is 6.43. The molecule has 3 rings (SSSR count). The zero-order valence-electron chi connectivity index (χ0n) is 17.8. The van der Waals surface area contributed by atoms with Gasteiger partial charge in [-0.05, 0) is 42.5 Å². The molecule has 0 fully saturated rings. The number of para-hydroxylation sites is 1. The lowest BCUT2D eigenvalue weighted by Crippen LogP contribution is -2.49. The standard InChI is InChI=1S/C23H28BN3O4/c1-15(2)11-22(24(30)31)27-23(29)17(13-21(28)16-7-9-25-10-8-16)12-18-14-26-20-6-4-3-5-19(18)20/h3-10,14-15,17,22,26,30-31H,11-13H2,1-2H3,(H,27,29)/t17-,22+/m1/s1. The van der Waals surface area contributed by atoms with Crippen LogP contribution in [0, 0.1) is 11.8 Å². The zero-order chi connectivity index (χ0) is 22.4. The van der Waals surface area contributed by atoms with Gasteiger partial charge in [-0.1, -0.05) is 32.0 Å². The van der Waals surface area contributed by atoms with Crippen molar-refractivity contribution in [2.75, 3.05) is 0 Å². The molecule has 0 saturated heterocycles. The summed E-state index contributed by atoms with van der Waals surface area (Å²) in [6, 6.07) is 11.0. The Hall–Kier alpha value is -2.97. The number of Topliss-reactive ketones (excluding diaryl/α,β-unsaturated/α-hetero) is 1. The highest BCUT2D eigenvalue weighted by atomic mass is 16.4. The van der Waals surface area contributed by atoms with Gasteiger partial charge >= 0.3 is 7.12 Å². The molecule has 4 N–H and O–H groups in total. The first-order valence-electron chi connectivity index (χ1n) is 10.5. The molecule has 3 aromatic rings. The number of H-pyrrole nitrogens is 1. The largest absolute Gasteiger partial charge is 0.475 e. The van der Waals surface area contributed by atoms with Crippen LogP contribution in [-0.4, -0.2) is 44.8 Å². The average molecular weight is 421 g/mol. The van der Waals surface area contributed by atoms with Gasteiger partial charge in [0.25, 0.3) is 0 Å². The lowest BCUT2D eigenvalue weighted by atomic mass is 9.74. The predicted molar refractivity (Wildman–Crippen MR) is 120 cm³/mol. The Morgan fingerprint density at radius 2 is 1.84 bits per heavy atom. The summed E-state index contributed by atoms with van der Waals surface area (Å²) in [6.07, 6.45) is 5.72. The van der Waals surface area contributed by atoms with E-state index in [9.17, 15) is 19.6 Å². The molecule has 0 radical (unpaired) electrons. The normalized spacial score (nSPS) is 13.2. The van der Waals surface area contributed by atoms with Crippen molar-refractivity contribution in [3.8, 4) is 0 Å². The maximum Gasteiger partial charge on any atom is 0.475 e. The number of pyridine rings is 1. The van der Waals surface area contributed by atoms with Crippen LogP contribution in [-0.2, 0) is 11.2 Å². The molecule has 0 spiro atoms. The molecule has 31 heavy (non-hydrogen) atoms. The van der Waals surface area contributed by atoms with Crippen molar-refractivity contribution >= 4 is 29.7 Å². The van der Waals surface area contributed by atoms with Gasteiger partial charge in [0.05, 0.1) is 5.94 Å². The van der Waals surface area contributed by atoms with E-state index in [1.54, 1.807) is 24.5 Å². The first-order valence-corrected chi connectivity index (χ1v) is 10.5. The molecule has 1 amide bonds. The molecule has 0 saturated carbocycles. The third-order valence-corrected chi connectivity index (χ3v) is 5.36. The number of ketones is 1. The molecule has 2 atom stereocenters. The molecule has 0 bridgehead atoms. The maximum absolute atomic E-state index is 13.2. The number of fused-ring (bicyclic) bond motifs is 1. The fourth-order valence-corrected chi connectivity index (χ4v) is 3.77. The third-order valence-electron chi connectivity index (χ3n) is 5.36. The number of amides is 1. The van der Waals surface area contributed by atoms with Crippen LogP contribution in [0.4, 0.5) is 0 Å². The van der Waals surface area contributed by atoms with E-state index in [4.69, 9.17) is 0 Å². The second-order valence-corrected chi connectivity index (χ2v) is 8.28. The SMILES string of the molecule is CC(C)C[C@H](NC(=O)[C@@H](CC(=O)c1ccncc1)Cc1c[nH]c2ccccc12)B(O)O. The minimum absolute atomic E-state index is 0.00523. The van der Waals surface area contributed by atoms with Crippen molar-refractivity contribution in [2.24, 2.45) is 11.8 Å². The zero-order valence-corrected chi connectivity index (χ0v) is 17.8. The van der Waals surface area contributed by atoms with E-state index in [1.807, 2.05) is 44.3 Å². The quantitative estimate of drug-likeness (QED) is 0.297. The first-order chi connectivity index (χ1) is 14.8. The van der Waals surface area contributed by atoms with Crippen molar-refractivity contribution in [2.45, 2.75) is 39.1 Å². The van der Waals surface area contributed by atoms with Crippen molar-refractivity contribution in [3.63, 3.8) is 0 Å². The van der Waals surface area contributed by atoms with Crippen molar-refractivity contribution in [1.82, 2.24) is 15.3 Å². The van der Waals surface area contributed by atoms with Crippen LogP contribution in [0.1, 0.15) is 42.6 Å². The highest BCUT2D eigenvalue weighted by Gasteiger charge is 2.30. The molecule has 0 aliphatic carbocycles. The lowest BCUT2D eigenvalue weighted by Gasteiger charge is -2.23. The number of carbonyl (C=O) groups is 2. The number of benzene rings is 1. The molecule has 1 aromatic carbocycles.